The molecule has 1 saturated heterocycles. The van der Waals surface area contributed by atoms with Crippen LogP contribution < -0.4 is 11.4 Å². The van der Waals surface area contributed by atoms with E-state index in [1.54, 1.807) is 0 Å². The third-order valence-corrected chi connectivity index (χ3v) is 2.53. The number of aliphatic hydroxyl groups is 1. The third-order valence-electron chi connectivity index (χ3n) is 2.53. The van der Waals surface area contributed by atoms with Gasteiger partial charge in [0.05, 0.1) is 19.8 Å². The Bertz CT molecular complexity index is 434. The van der Waals surface area contributed by atoms with Crippen molar-refractivity contribution >= 4 is 5.82 Å². The molecule has 2 atom stereocenters. The van der Waals surface area contributed by atoms with Crippen LogP contribution in [0.3, 0.4) is 0 Å². The highest BCUT2D eigenvalue weighted by Crippen LogP contribution is 2.17. The first-order chi connectivity index (χ1) is 8.20. The molecule has 2 heterocycles. The SMILES string of the molecule is Nc1ccn([C@@H]2CCOC[C@H](CO)O2)c(=O)n1. The van der Waals surface area contributed by atoms with E-state index >= 15 is 0 Å². The Kier molecular flexibility index (Phi) is 3.72. The molecule has 7 heteroatoms. The Hall–Kier alpha value is -1.44. The van der Waals surface area contributed by atoms with E-state index in [2.05, 4.69) is 4.98 Å². The maximum atomic E-state index is 11.6. The van der Waals surface area contributed by atoms with Gasteiger partial charge in [-0.3, -0.25) is 4.57 Å². The number of rotatable bonds is 2. The molecule has 94 valence electrons. The highest BCUT2D eigenvalue weighted by Gasteiger charge is 2.22. The molecule has 0 radical (unpaired) electrons. The fourth-order valence-corrected chi connectivity index (χ4v) is 1.67. The highest BCUT2D eigenvalue weighted by atomic mass is 16.6. The lowest BCUT2D eigenvalue weighted by Crippen LogP contribution is -2.32. The van der Waals surface area contributed by atoms with Crippen LogP contribution in [0.1, 0.15) is 12.6 Å². The molecule has 0 spiro atoms. The van der Waals surface area contributed by atoms with Crippen LogP contribution in [0.4, 0.5) is 5.82 Å². The summed E-state index contributed by atoms with van der Waals surface area (Å²) in [4.78, 5) is 15.3. The van der Waals surface area contributed by atoms with Gasteiger partial charge < -0.3 is 20.3 Å². The number of nitrogens with two attached hydrogens (primary N) is 1. The minimum Gasteiger partial charge on any atom is -0.394 e. The fourth-order valence-electron chi connectivity index (χ4n) is 1.67. The normalized spacial score (nSPS) is 25.5. The Morgan fingerprint density at radius 1 is 1.65 bits per heavy atom. The third kappa shape index (κ3) is 2.82. The van der Waals surface area contributed by atoms with Gasteiger partial charge in [0.15, 0.2) is 0 Å². The average molecular weight is 241 g/mol. The van der Waals surface area contributed by atoms with Crippen LogP contribution in [0.25, 0.3) is 0 Å². The van der Waals surface area contributed by atoms with Crippen LogP contribution in [0, 0.1) is 0 Å². The molecule has 2 rings (SSSR count). The molecule has 0 aliphatic carbocycles. The van der Waals surface area contributed by atoms with Crippen LogP contribution in [0.5, 0.6) is 0 Å². The summed E-state index contributed by atoms with van der Waals surface area (Å²) in [7, 11) is 0. The number of hydrogen-bond donors (Lipinski definition) is 2. The van der Waals surface area contributed by atoms with Gasteiger partial charge >= 0.3 is 5.69 Å². The van der Waals surface area contributed by atoms with E-state index in [0.29, 0.717) is 19.6 Å². The fraction of sp³-hybridized carbons (Fsp3) is 0.600. The molecular weight excluding hydrogens is 226 g/mol. The topological polar surface area (TPSA) is 99.6 Å². The first-order valence-corrected chi connectivity index (χ1v) is 5.39. The zero-order valence-electron chi connectivity index (χ0n) is 9.28. The lowest BCUT2D eigenvalue weighted by atomic mass is 10.3. The van der Waals surface area contributed by atoms with Crippen molar-refractivity contribution in [1.29, 1.82) is 0 Å². The second-order valence-electron chi connectivity index (χ2n) is 3.80. The number of aliphatic hydroxyl groups excluding tert-OH is 1. The summed E-state index contributed by atoms with van der Waals surface area (Å²) in [6.45, 7) is 0.649. The molecule has 0 aromatic carbocycles. The van der Waals surface area contributed by atoms with Crippen molar-refractivity contribution in [3.63, 3.8) is 0 Å². The molecule has 17 heavy (non-hydrogen) atoms. The largest absolute Gasteiger partial charge is 0.394 e. The molecule has 0 amide bonds. The van der Waals surface area contributed by atoms with E-state index in [1.165, 1.54) is 16.8 Å². The summed E-state index contributed by atoms with van der Waals surface area (Å²) >= 11 is 0. The first-order valence-electron chi connectivity index (χ1n) is 5.39. The number of aromatic nitrogens is 2. The lowest BCUT2D eigenvalue weighted by molar-refractivity contribution is -0.0764. The van der Waals surface area contributed by atoms with Crippen molar-refractivity contribution in [2.75, 3.05) is 25.6 Å². The quantitative estimate of drug-likeness (QED) is 0.697. The maximum absolute atomic E-state index is 11.6. The van der Waals surface area contributed by atoms with Crippen LogP contribution in [-0.2, 0) is 9.47 Å². The van der Waals surface area contributed by atoms with Gasteiger partial charge in [-0.15, -0.1) is 0 Å². The summed E-state index contributed by atoms with van der Waals surface area (Å²) in [5.41, 5.74) is 4.95. The average Bonchev–Trinajstić information content (AvgIpc) is 2.54. The molecule has 1 fully saturated rings. The molecule has 1 aliphatic heterocycles. The Balaban J connectivity index is 2.22. The number of nitrogens with zero attached hydrogens (tertiary/aromatic N) is 2. The molecule has 1 aromatic rings. The Labute approximate surface area is 97.8 Å². The maximum Gasteiger partial charge on any atom is 0.351 e. The van der Waals surface area contributed by atoms with E-state index < -0.39 is 18.0 Å². The van der Waals surface area contributed by atoms with Crippen molar-refractivity contribution in [2.45, 2.75) is 18.8 Å². The van der Waals surface area contributed by atoms with Crippen molar-refractivity contribution in [1.82, 2.24) is 9.55 Å². The minimum atomic E-state index is -0.477. The van der Waals surface area contributed by atoms with E-state index in [0.717, 1.165) is 0 Å². The van der Waals surface area contributed by atoms with E-state index in [4.69, 9.17) is 20.3 Å². The predicted molar refractivity (Wildman–Crippen MR) is 59.3 cm³/mol. The van der Waals surface area contributed by atoms with E-state index in [-0.39, 0.29) is 12.4 Å². The molecule has 0 bridgehead atoms. The second-order valence-corrected chi connectivity index (χ2v) is 3.80. The molecule has 1 aliphatic rings. The summed E-state index contributed by atoms with van der Waals surface area (Å²) in [5.74, 6) is 0.176. The summed E-state index contributed by atoms with van der Waals surface area (Å²) in [5, 5.41) is 9.07. The molecule has 0 unspecified atom stereocenters. The van der Waals surface area contributed by atoms with E-state index in [1.807, 2.05) is 0 Å². The van der Waals surface area contributed by atoms with Gasteiger partial charge in [-0.25, -0.2) is 4.79 Å². The number of nitrogen functional groups attached to an aromatic ring is 1. The van der Waals surface area contributed by atoms with Crippen LogP contribution in [0.15, 0.2) is 17.1 Å². The van der Waals surface area contributed by atoms with Crippen molar-refractivity contribution in [2.24, 2.45) is 0 Å². The molecule has 0 saturated carbocycles. The van der Waals surface area contributed by atoms with Crippen LogP contribution in [0.2, 0.25) is 0 Å². The summed E-state index contributed by atoms with van der Waals surface area (Å²) < 4.78 is 12.2. The predicted octanol–water partition coefficient (Wildman–Crippen LogP) is -0.878. The monoisotopic (exact) mass is 241 g/mol. The van der Waals surface area contributed by atoms with Crippen LogP contribution in [-0.4, -0.2) is 40.6 Å². The molecule has 3 N–H and O–H groups in total. The van der Waals surface area contributed by atoms with Gasteiger partial charge in [0, 0.05) is 12.6 Å². The second kappa shape index (κ2) is 5.26. The summed E-state index contributed by atoms with van der Waals surface area (Å²) in [6.07, 6.45) is 1.17. The van der Waals surface area contributed by atoms with Crippen molar-refractivity contribution < 1.29 is 14.6 Å². The van der Waals surface area contributed by atoms with Gasteiger partial charge in [-0.05, 0) is 6.07 Å². The Morgan fingerprint density at radius 2 is 2.47 bits per heavy atom. The minimum absolute atomic E-state index is 0.145. The number of anilines is 1. The van der Waals surface area contributed by atoms with Gasteiger partial charge in [-0.1, -0.05) is 0 Å². The Morgan fingerprint density at radius 3 is 3.18 bits per heavy atom. The van der Waals surface area contributed by atoms with Gasteiger partial charge in [-0.2, -0.15) is 4.98 Å². The number of ether oxygens (including phenoxy) is 2. The zero-order valence-corrected chi connectivity index (χ0v) is 9.28. The number of hydrogen-bond acceptors (Lipinski definition) is 6. The van der Waals surface area contributed by atoms with Gasteiger partial charge in [0.2, 0.25) is 0 Å². The lowest BCUT2D eigenvalue weighted by Gasteiger charge is -2.20. The van der Waals surface area contributed by atoms with E-state index in [9.17, 15) is 4.79 Å². The molecule has 1 aromatic heterocycles. The van der Waals surface area contributed by atoms with Gasteiger partial charge in [0.1, 0.15) is 18.1 Å². The van der Waals surface area contributed by atoms with Gasteiger partial charge in [0.25, 0.3) is 0 Å². The van der Waals surface area contributed by atoms with Crippen molar-refractivity contribution in [3.05, 3.63) is 22.7 Å². The summed E-state index contributed by atoms with van der Waals surface area (Å²) in [6, 6.07) is 1.53. The highest BCUT2D eigenvalue weighted by molar-refractivity contribution is 5.23. The smallest absolute Gasteiger partial charge is 0.351 e. The zero-order chi connectivity index (χ0) is 12.3. The first kappa shape index (κ1) is 12.0. The molecule has 7 nitrogen and oxygen atoms in total. The standard InChI is InChI=1S/C10H15N3O4/c11-8-1-3-13(10(15)12-8)9-2-4-16-6-7(5-14)17-9/h1,3,7,9,14H,2,4-6H2,(H2,11,12,15)/t7-,9-/m0/s1. The molecular formula is C10H15N3O4. The van der Waals surface area contributed by atoms with Crippen molar-refractivity contribution in [3.8, 4) is 0 Å². The van der Waals surface area contributed by atoms with Crippen LogP contribution >= 0.6 is 0 Å².